The third-order valence-electron chi connectivity index (χ3n) is 3.50. The van der Waals surface area contributed by atoms with Gasteiger partial charge in [-0.25, -0.2) is 0 Å². The fourth-order valence-electron chi connectivity index (χ4n) is 2.69. The van der Waals surface area contributed by atoms with E-state index in [1.807, 2.05) is 0 Å². The van der Waals surface area contributed by atoms with Gasteiger partial charge in [-0.05, 0) is 25.7 Å². The van der Waals surface area contributed by atoms with Crippen molar-refractivity contribution in [3.63, 3.8) is 0 Å². The Morgan fingerprint density at radius 3 is 1.62 bits per heavy atom. The lowest BCUT2D eigenvalue weighted by molar-refractivity contribution is -0.00340. The maximum absolute atomic E-state index is 5.95. The van der Waals surface area contributed by atoms with Gasteiger partial charge in [-0.15, -0.1) is 0 Å². The zero-order valence-electron chi connectivity index (χ0n) is 9.86. The first-order chi connectivity index (χ1) is 7.79. The van der Waals surface area contributed by atoms with Crippen LogP contribution in [0.1, 0.15) is 25.7 Å². The van der Waals surface area contributed by atoms with Crippen molar-refractivity contribution in [2.75, 3.05) is 26.4 Å². The molecule has 0 aromatic heterocycles. The first-order valence-electron chi connectivity index (χ1n) is 6.17. The minimum absolute atomic E-state index is 0.509. The molecule has 2 fully saturated rings. The SMILES string of the molecule is C=C(N)N(C1CCOCC1)C1CCOCC1. The average Bonchev–Trinajstić information content (AvgIpc) is 2.31. The van der Waals surface area contributed by atoms with Crippen LogP contribution in [0.15, 0.2) is 12.4 Å². The first kappa shape index (κ1) is 11.7. The molecule has 0 bridgehead atoms. The van der Waals surface area contributed by atoms with Gasteiger partial charge in [-0.3, -0.25) is 0 Å². The Morgan fingerprint density at radius 1 is 0.938 bits per heavy atom. The van der Waals surface area contributed by atoms with E-state index in [-0.39, 0.29) is 0 Å². The molecule has 0 atom stereocenters. The molecule has 2 rings (SSSR count). The molecule has 2 heterocycles. The van der Waals surface area contributed by atoms with Gasteiger partial charge in [0.15, 0.2) is 0 Å². The number of rotatable bonds is 3. The summed E-state index contributed by atoms with van der Waals surface area (Å²) in [5.74, 6) is 0.707. The Hall–Kier alpha value is -0.740. The molecule has 0 radical (unpaired) electrons. The van der Waals surface area contributed by atoms with Crippen LogP contribution in [-0.4, -0.2) is 43.4 Å². The number of hydrogen-bond acceptors (Lipinski definition) is 4. The fraction of sp³-hybridized carbons (Fsp3) is 0.833. The van der Waals surface area contributed by atoms with Crippen LogP contribution >= 0.6 is 0 Å². The zero-order chi connectivity index (χ0) is 11.4. The largest absolute Gasteiger partial charge is 0.386 e. The molecule has 0 aliphatic carbocycles. The molecule has 92 valence electrons. The summed E-state index contributed by atoms with van der Waals surface area (Å²) in [6.07, 6.45) is 4.25. The molecule has 2 saturated heterocycles. The van der Waals surface area contributed by atoms with Gasteiger partial charge >= 0.3 is 0 Å². The molecule has 0 saturated carbocycles. The molecule has 0 spiro atoms. The van der Waals surface area contributed by atoms with Gasteiger partial charge in [0.25, 0.3) is 0 Å². The lowest BCUT2D eigenvalue weighted by Crippen LogP contribution is -2.48. The van der Waals surface area contributed by atoms with Crippen molar-refractivity contribution >= 4 is 0 Å². The quantitative estimate of drug-likeness (QED) is 0.782. The Bertz CT molecular complexity index is 215. The van der Waals surface area contributed by atoms with Crippen molar-refractivity contribution in [1.82, 2.24) is 4.90 Å². The van der Waals surface area contributed by atoms with E-state index in [4.69, 9.17) is 15.2 Å². The molecule has 0 aromatic rings. The summed E-state index contributed by atoms with van der Waals surface area (Å²) in [6, 6.07) is 1.02. The molecule has 2 N–H and O–H groups in total. The number of ether oxygens (including phenoxy) is 2. The highest BCUT2D eigenvalue weighted by atomic mass is 16.5. The maximum Gasteiger partial charge on any atom is 0.0917 e. The van der Waals surface area contributed by atoms with Crippen LogP contribution in [0.3, 0.4) is 0 Å². The van der Waals surface area contributed by atoms with E-state index in [0.717, 1.165) is 52.1 Å². The van der Waals surface area contributed by atoms with Gasteiger partial charge in [-0.2, -0.15) is 0 Å². The van der Waals surface area contributed by atoms with Crippen LogP contribution in [0.25, 0.3) is 0 Å². The van der Waals surface area contributed by atoms with Gasteiger partial charge in [0.2, 0.25) is 0 Å². The van der Waals surface area contributed by atoms with Gasteiger partial charge in [0, 0.05) is 38.5 Å². The van der Waals surface area contributed by atoms with E-state index in [1.54, 1.807) is 0 Å². The Morgan fingerprint density at radius 2 is 1.31 bits per heavy atom. The molecule has 2 aliphatic rings. The van der Waals surface area contributed by atoms with Crippen LogP contribution in [0.4, 0.5) is 0 Å². The highest BCUT2D eigenvalue weighted by Gasteiger charge is 2.29. The summed E-state index contributed by atoms with van der Waals surface area (Å²) in [7, 11) is 0. The van der Waals surface area contributed by atoms with Crippen molar-refractivity contribution in [2.24, 2.45) is 5.73 Å². The van der Waals surface area contributed by atoms with E-state index in [9.17, 15) is 0 Å². The van der Waals surface area contributed by atoms with E-state index in [0.29, 0.717) is 17.9 Å². The van der Waals surface area contributed by atoms with Crippen molar-refractivity contribution in [3.05, 3.63) is 12.4 Å². The monoisotopic (exact) mass is 226 g/mol. The summed E-state index contributed by atoms with van der Waals surface area (Å²) >= 11 is 0. The molecule has 4 nitrogen and oxygen atoms in total. The van der Waals surface area contributed by atoms with Crippen molar-refractivity contribution in [3.8, 4) is 0 Å². The number of nitrogens with two attached hydrogens (primary N) is 1. The highest BCUT2D eigenvalue weighted by Crippen LogP contribution is 2.24. The third kappa shape index (κ3) is 2.68. The molecule has 0 amide bonds. The molecule has 0 unspecified atom stereocenters. The third-order valence-corrected chi connectivity index (χ3v) is 3.50. The second kappa shape index (κ2) is 5.55. The van der Waals surface area contributed by atoms with Gasteiger partial charge in [-0.1, -0.05) is 6.58 Å². The zero-order valence-corrected chi connectivity index (χ0v) is 9.86. The molecule has 0 aromatic carbocycles. The molecule has 16 heavy (non-hydrogen) atoms. The lowest BCUT2D eigenvalue weighted by atomic mass is 10.0. The maximum atomic E-state index is 5.95. The van der Waals surface area contributed by atoms with E-state index in [2.05, 4.69) is 11.5 Å². The molecule has 4 heteroatoms. The smallest absolute Gasteiger partial charge is 0.0917 e. The molecular weight excluding hydrogens is 204 g/mol. The summed E-state index contributed by atoms with van der Waals surface area (Å²) in [4.78, 5) is 2.31. The van der Waals surface area contributed by atoms with Crippen LogP contribution in [0.5, 0.6) is 0 Å². The second-order valence-corrected chi connectivity index (χ2v) is 4.59. The van der Waals surface area contributed by atoms with Crippen LogP contribution < -0.4 is 5.73 Å². The second-order valence-electron chi connectivity index (χ2n) is 4.59. The summed E-state index contributed by atoms with van der Waals surface area (Å²) in [6.45, 7) is 7.31. The van der Waals surface area contributed by atoms with E-state index >= 15 is 0 Å². The highest BCUT2D eigenvalue weighted by molar-refractivity contribution is 4.96. The van der Waals surface area contributed by atoms with Gasteiger partial charge in [0.05, 0.1) is 5.82 Å². The van der Waals surface area contributed by atoms with Crippen molar-refractivity contribution < 1.29 is 9.47 Å². The van der Waals surface area contributed by atoms with Crippen LogP contribution in [0, 0.1) is 0 Å². The predicted molar refractivity (Wildman–Crippen MR) is 62.8 cm³/mol. The standard InChI is InChI=1S/C12H22N2O2/c1-10(13)14(11-2-6-15-7-3-11)12-4-8-16-9-5-12/h11-12H,1-9,13H2. The topological polar surface area (TPSA) is 47.7 Å². The normalized spacial score (nSPS) is 24.2. The minimum atomic E-state index is 0.509. The van der Waals surface area contributed by atoms with Crippen molar-refractivity contribution in [2.45, 2.75) is 37.8 Å². The Kier molecular flexibility index (Phi) is 4.07. The van der Waals surface area contributed by atoms with Crippen LogP contribution in [-0.2, 0) is 9.47 Å². The minimum Gasteiger partial charge on any atom is -0.386 e. The summed E-state index contributed by atoms with van der Waals surface area (Å²) < 4.78 is 10.8. The van der Waals surface area contributed by atoms with Crippen molar-refractivity contribution in [1.29, 1.82) is 0 Å². The first-order valence-corrected chi connectivity index (χ1v) is 6.17. The fourth-order valence-corrected chi connectivity index (χ4v) is 2.69. The summed E-state index contributed by atoms with van der Waals surface area (Å²) in [5, 5.41) is 0. The van der Waals surface area contributed by atoms with Gasteiger partial charge < -0.3 is 20.1 Å². The summed E-state index contributed by atoms with van der Waals surface area (Å²) in [5.41, 5.74) is 5.95. The van der Waals surface area contributed by atoms with E-state index in [1.165, 1.54) is 0 Å². The predicted octanol–water partition coefficient (Wildman–Crippen LogP) is 1.08. The molecule has 2 aliphatic heterocycles. The number of nitrogens with zero attached hydrogens (tertiary/aromatic N) is 1. The lowest BCUT2D eigenvalue weighted by Gasteiger charge is -2.42. The Balaban J connectivity index is 1.99. The Labute approximate surface area is 97.4 Å². The average molecular weight is 226 g/mol. The van der Waals surface area contributed by atoms with Gasteiger partial charge in [0.1, 0.15) is 0 Å². The number of hydrogen-bond donors (Lipinski definition) is 1. The van der Waals surface area contributed by atoms with Crippen LogP contribution in [0.2, 0.25) is 0 Å². The van der Waals surface area contributed by atoms with E-state index < -0.39 is 0 Å². The molecular formula is C12H22N2O2.